The highest BCUT2D eigenvalue weighted by Crippen LogP contribution is 2.13. The van der Waals surface area contributed by atoms with Crippen LogP contribution in [0.2, 0.25) is 0 Å². The highest BCUT2D eigenvalue weighted by Gasteiger charge is 2.20. The minimum atomic E-state index is 0. The lowest BCUT2D eigenvalue weighted by Gasteiger charge is -2.33. The van der Waals surface area contributed by atoms with Crippen molar-refractivity contribution in [1.82, 2.24) is 4.90 Å². The summed E-state index contributed by atoms with van der Waals surface area (Å²) in [7, 11) is 0. The van der Waals surface area contributed by atoms with E-state index in [0.717, 1.165) is 31.9 Å². The molecule has 1 aromatic carbocycles. The van der Waals surface area contributed by atoms with Crippen LogP contribution in [0, 0.1) is 19.8 Å². The van der Waals surface area contributed by atoms with Gasteiger partial charge in [0.25, 0.3) is 0 Å². The molecule has 1 aliphatic heterocycles. The molecule has 1 atom stereocenters. The summed E-state index contributed by atoms with van der Waals surface area (Å²) >= 11 is 0. The number of halogens is 1. The number of ether oxygens (including phenoxy) is 1. The number of aliphatic imine (C=N–C) groups is 1. The van der Waals surface area contributed by atoms with Crippen molar-refractivity contribution in [1.29, 1.82) is 0 Å². The Hall–Kier alpha value is -0.860. The summed E-state index contributed by atoms with van der Waals surface area (Å²) in [6.07, 6.45) is 0.127. The van der Waals surface area contributed by atoms with Gasteiger partial charge in [-0.1, -0.05) is 19.9 Å². The maximum Gasteiger partial charge on any atom is 0.193 e. The molecular formula is C18H31IN4O. The number of rotatable bonds is 5. The number of nitrogens with one attached hydrogen (secondary N) is 1. The minimum Gasteiger partial charge on any atom is -0.374 e. The number of benzene rings is 1. The molecule has 1 saturated heterocycles. The summed E-state index contributed by atoms with van der Waals surface area (Å²) in [5, 5.41) is 3.17. The van der Waals surface area contributed by atoms with E-state index in [0.29, 0.717) is 18.4 Å². The highest BCUT2D eigenvalue weighted by atomic mass is 127. The molecule has 5 nitrogen and oxygen atoms in total. The molecule has 0 aromatic heterocycles. The molecule has 6 heteroatoms. The fourth-order valence-electron chi connectivity index (χ4n) is 3.01. The van der Waals surface area contributed by atoms with Crippen LogP contribution in [-0.4, -0.2) is 49.7 Å². The standard InChI is InChI=1S/C18H30N4O.HI/c1-13(2)11-22-5-6-23-17(12-22)10-20-18(19)21-16-8-14(3)7-15(4)9-16;/h7-9,13,17H,5-6,10-12H2,1-4H3,(H3,19,20,21);1H. The minimum absolute atomic E-state index is 0. The Kier molecular flexibility index (Phi) is 9.01. The van der Waals surface area contributed by atoms with Crippen LogP contribution < -0.4 is 11.1 Å². The SMILES string of the molecule is Cc1cc(C)cc(NC(N)=NCC2CN(CC(C)C)CCO2)c1.I. The van der Waals surface area contributed by atoms with Gasteiger partial charge in [-0.25, -0.2) is 0 Å². The third-order valence-corrected chi connectivity index (χ3v) is 3.81. The van der Waals surface area contributed by atoms with Crippen molar-refractivity contribution in [3.63, 3.8) is 0 Å². The predicted octanol–water partition coefficient (Wildman–Crippen LogP) is 3.00. The van der Waals surface area contributed by atoms with Gasteiger partial charge in [0.2, 0.25) is 0 Å². The number of hydrogen-bond donors (Lipinski definition) is 2. The second kappa shape index (κ2) is 10.2. The zero-order valence-corrected chi connectivity index (χ0v) is 17.5. The van der Waals surface area contributed by atoms with E-state index in [-0.39, 0.29) is 30.1 Å². The number of anilines is 1. The summed E-state index contributed by atoms with van der Waals surface area (Å²) in [6, 6.07) is 6.27. The van der Waals surface area contributed by atoms with Crippen molar-refractivity contribution in [3.05, 3.63) is 29.3 Å². The maximum absolute atomic E-state index is 6.01. The first-order valence-corrected chi connectivity index (χ1v) is 8.41. The average Bonchev–Trinajstić information content (AvgIpc) is 2.43. The van der Waals surface area contributed by atoms with Crippen LogP contribution in [0.1, 0.15) is 25.0 Å². The highest BCUT2D eigenvalue weighted by molar-refractivity contribution is 14.0. The zero-order chi connectivity index (χ0) is 16.8. The molecule has 1 heterocycles. The van der Waals surface area contributed by atoms with E-state index in [1.54, 1.807) is 0 Å². The monoisotopic (exact) mass is 446 g/mol. The van der Waals surface area contributed by atoms with Gasteiger partial charge in [-0.3, -0.25) is 9.89 Å². The maximum atomic E-state index is 6.01. The van der Waals surface area contributed by atoms with E-state index in [9.17, 15) is 0 Å². The predicted molar refractivity (Wildman–Crippen MR) is 112 cm³/mol. The molecule has 0 radical (unpaired) electrons. The fraction of sp³-hybridized carbons (Fsp3) is 0.611. The smallest absolute Gasteiger partial charge is 0.193 e. The molecule has 24 heavy (non-hydrogen) atoms. The van der Waals surface area contributed by atoms with Crippen LogP contribution in [0.4, 0.5) is 5.69 Å². The number of hydrogen-bond acceptors (Lipinski definition) is 3. The average molecular weight is 446 g/mol. The van der Waals surface area contributed by atoms with E-state index in [1.807, 2.05) is 0 Å². The van der Waals surface area contributed by atoms with Gasteiger partial charge in [0.15, 0.2) is 5.96 Å². The molecule has 0 bridgehead atoms. The molecular weight excluding hydrogens is 415 g/mol. The Labute approximate surface area is 163 Å². The normalized spacial score (nSPS) is 19.2. The lowest BCUT2D eigenvalue weighted by Crippen LogP contribution is -2.45. The number of morpholine rings is 1. The van der Waals surface area contributed by atoms with Gasteiger partial charge < -0.3 is 15.8 Å². The lowest BCUT2D eigenvalue weighted by molar-refractivity contribution is -0.0261. The van der Waals surface area contributed by atoms with Crippen LogP contribution in [0.15, 0.2) is 23.2 Å². The molecule has 1 unspecified atom stereocenters. The van der Waals surface area contributed by atoms with Gasteiger partial charge in [0.05, 0.1) is 19.3 Å². The molecule has 0 aliphatic carbocycles. The number of aryl methyl sites for hydroxylation is 2. The summed E-state index contributed by atoms with van der Waals surface area (Å²) in [5.74, 6) is 1.12. The van der Waals surface area contributed by atoms with Crippen LogP contribution in [0.25, 0.3) is 0 Å². The van der Waals surface area contributed by atoms with Crippen molar-refractivity contribution in [2.24, 2.45) is 16.6 Å². The quantitative estimate of drug-likeness (QED) is 0.415. The zero-order valence-electron chi connectivity index (χ0n) is 15.2. The molecule has 1 fully saturated rings. The Morgan fingerprint density at radius 1 is 1.33 bits per heavy atom. The van der Waals surface area contributed by atoms with E-state index >= 15 is 0 Å². The first-order chi connectivity index (χ1) is 10.9. The first kappa shape index (κ1) is 21.2. The topological polar surface area (TPSA) is 62.9 Å². The van der Waals surface area contributed by atoms with E-state index in [1.165, 1.54) is 11.1 Å². The van der Waals surface area contributed by atoms with Crippen molar-refractivity contribution >= 4 is 35.6 Å². The van der Waals surface area contributed by atoms with Gasteiger partial charge in [-0.15, -0.1) is 24.0 Å². The molecule has 1 aromatic rings. The van der Waals surface area contributed by atoms with Crippen LogP contribution in [-0.2, 0) is 4.74 Å². The molecule has 0 spiro atoms. The second-order valence-corrected chi connectivity index (χ2v) is 6.87. The molecule has 136 valence electrons. The summed E-state index contributed by atoms with van der Waals surface area (Å²) < 4.78 is 5.80. The first-order valence-electron chi connectivity index (χ1n) is 8.41. The number of guanidine groups is 1. The van der Waals surface area contributed by atoms with E-state index in [4.69, 9.17) is 10.5 Å². The second-order valence-electron chi connectivity index (χ2n) is 6.87. The van der Waals surface area contributed by atoms with Crippen LogP contribution >= 0.6 is 24.0 Å². The van der Waals surface area contributed by atoms with E-state index < -0.39 is 0 Å². The number of nitrogens with two attached hydrogens (primary N) is 1. The third kappa shape index (κ3) is 7.36. The van der Waals surface area contributed by atoms with Crippen LogP contribution in [0.5, 0.6) is 0 Å². The Bertz CT molecular complexity index is 528. The summed E-state index contributed by atoms with van der Waals surface area (Å²) in [4.78, 5) is 6.89. The Morgan fingerprint density at radius 3 is 2.62 bits per heavy atom. The van der Waals surface area contributed by atoms with Gasteiger partial charge in [-0.2, -0.15) is 0 Å². The van der Waals surface area contributed by atoms with Gasteiger partial charge >= 0.3 is 0 Å². The summed E-state index contributed by atoms with van der Waals surface area (Å²) in [5.41, 5.74) is 9.41. The largest absolute Gasteiger partial charge is 0.374 e. The molecule has 2 rings (SSSR count). The van der Waals surface area contributed by atoms with Gasteiger partial charge in [0, 0.05) is 25.3 Å². The Balaban J connectivity index is 0.00000288. The number of nitrogens with zero attached hydrogens (tertiary/aromatic N) is 2. The van der Waals surface area contributed by atoms with Crippen molar-refractivity contribution in [2.75, 3.05) is 38.1 Å². The van der Waals surface area contributed by atoms with E-state index in [2.05, 4.69) is 61.1 Å². The molecule has 1 aliphatic rings. The van der Waals surface area contributed by atoms with Crippen molar-refractivity contribution in [3.8, 4) is 0 Å². The molecule has 0 saturated carbocycles. The van der Waals surface area contributed by atoms with Crippen LogP contribution in [0.3, 0.4) is 0 Å². The van der Waals surface area contributed by atoms with Gasteiger partial charge in [0.1, 0.15) is 0 Å². The Morgan fingerprint density at radius 2 is 2.00 bits per heavy atom. The lowest BCUT2D eigenvalue weighted by atomic mass is 10.1. The van der Waals surface area contributed by atoms with Gasteiger partial charge in [-0.05, 0) is 43.0 Å². The van der Waals surface area contributed by atoms with Crippen molar-refractivity contribution in [2.45, 2.75) is 33.8 Å². The molecule has 3 N–H and O–H groups in total. The third-order valence-electron chi connectivity index (χ3n) is 3.81. The summed E-state index contributed by atoms with van der Waals surface area (Å²) in [6.45, 7) is 13.1. The fourth-order valence-corrected chi connectivity index (χ4v) is 3.01. The van der Waals surface area contributed by atoms with Crippen molar-refractivity contribution < 1.29 is 4.74 Å². The molecule has 0 amide bonds.